The summed E-state index contributed by atoms with van der Waals surface area (Å²) in [5.41, 5.74) is 0.155. The van der Waals surface area contributed by atoms with Crippen LogP contribution in [-0.4, -0.2) is 53.0 Å². The van der Waals surface area contributed by atoms with E-state index in [9.17, 15) is 15.0 Å². The largest absolute Gasteiger partial charge is 0.396 e. The predicted molar refractivity (Wildman–Crippen MR) is 86.2 cm³/mol. The lowest BCUT2D eigenvalue weighted by molar-refractivity contribution is 0.0362. The van der Waals surface area contributed by atoms with Gasteiger partial charge in [0.25, 0.3) is 5.91 Å². The van der Waals surface area contributed by atoms with E-state index >= 15 is 0 Å². The molecule has 2 rings (SSSR count). The summed E-state index contributed by atoms with van der Waals surface area (Å²) in [7, 11) is 1.59. The van der Waals surface area contributed by atoms with Crippen LogP contribution in [-0.2, 0) is 0 Å². The number of amides is 1. The Kier molecular flexibility index (Phi) is 5.41. The highest BCUT2D eigenvalue weighted by Gasteiger charge is 2.28. The third kappa shape index (κ3) is 4.10. The topological polar surface area (TPSA) is 86.8 Å². The van der Waals surface area contributed by atoms with Crippen LogP contribution >= 0.6 is 11.6 Å². The minimum absolute atomic E-state index is 0.163. The van der Waals surface area contributed by atoms with Gasteiger partial charge in [0.2, 0.25) is 0 Å². The van der Waals surface area contributed by atoms with E-state index in [0.717, 1.165) is 5.56 Å². The van der Waals surface area contributed by atoms with Gasteiger partial charge in [-0.3, -0.25) is 4.79 Å². The predicted octanol–water partition coefficient (Wildman–Crippen LogP) is 2.06. The van der Waals surface area contributed by atoms with Gasteiger partial charge >= 0.3 is 0 Å². The monoisotopic (exact) mass is 338 g/mol. The fraction of sp³-hybridized carbons (Fsp3) is 0.375. The van der Waals surface area contributed by atoms with Gasteiger partial charge < -0.3 is 19.6 Å². The van der Waals surface area contributed by atoms with Crippen molar-refractivity contribution in [2.45, 2.75) is 6.92 Å². The SMILES string of the molecule is CN(CC(C)(CO)CO)C(=O)c1cc(-c2ccc(Cl)cc2)on1. The smallest absolute Gasteiger partial charge is 0.275 e. The molecule has 1 aromatic carbocycles. The van der Waals surface area contributed by atoms with Gasteiger partial charge in [0.1, 0.15) is 0 Å². The summed E-state index contributed by atoms with van der Waals surface area (Å²) in [5, 5.41) is 23.0. The number of aliphatic hydroxyl groups excluding tert-OH is 2. The van der Waals surface area contributed by atoms with Crippen molar-refractivity contribution in [1.82, 2.24) is 10.1 Å². The first-order chi connectivity index (χ1) is 10.9. The molecule has 0 unspecified atom stereocenters. The van der Waals surface area contributed by atoms with Crippen molar-refractivity contribution in [2.75, 3.05) is 26.8 Å². The van der Waals surface area contributed by atoms with Crippen LogP contribution in [0.4, 0.5) is 0 Å². The summed E-state index contributed by atoms with van der Waals surface area (Å²) in [5.74, 6) is 0.118. The quantitative estimate of drug-likeness (QED) is 0.842. The minimum atomic E-state index is -0.771. The van der Waals surface area contributed by atoms with Gasteiger partial charge in [0, 0.05) is 35.7 Å². The van der Waals surface area contributed by atoms with Gasteiger partial charge in [-0.2, -0.15) is 0 Å². The second kappa shape index (κ2) is 7.12. The average Bonchev–Trinajstić information content (AvgIpc) is 3.04. The lowest BCUT2D eigenvalue weighted by Gasteiger charge is -2.29. The van der Waals surface area contributed by atoms with E-state index in [0.29, 0.717) is 10.8 Å². The zero-order chi connectivity index (χ0) is 17.0. The Bertz CT molecular complexity index is 665. The first kappa shape index (κ1) is 17.5. The molecular weight excluding hydrogens is 320 g/mol. The molecule has 1 heterocycles. The van der Waals surface area contributed by atoms with Gasteiger partial charge in [0.15, 0.2) is 11.5 Å². The van der Waals surface area contributed by atoms with E-state index in [2.05, 4.69) is 5.16 Å². The fourth-order valence-corrected chi connectivity index (χ4v) is 2.24. The van der Waals surface area contributed by atoms with Crippen molar-refractivity contribution in [2.24, 2.45) is 5.41 Å². The Morgan fingerprint density at radius 3 is 2.48 bits per heavy atom. The Labute approximate surface area is 139 Å². The van der Waals surface area contributed by atoms with Crippen molar-refractivity contribution < 1.29 is 19.5 Å². The van der Waals surface area contributed by atoms with Crippen LogP contribution in [0.3, 0.4) is 0 Å². The molecule has 0 aliphatic carbocycles. The van der Waals surface area contributed by atoms with Crippen LogP contribution in [0.25, 0.3) is 11.3 Å². The van der Waals surface area contributed by atoms with Gasteiger partial charge in [-0.05, 0) is 24.3 Å². The van der Waals surface area contributed by atoms with Gasteiger partial charge in [-0.25, -0.2) is 0 Å². The van der Waals surface area contributed by atoms with Crippen LogP contribution in [0.5, 0.6) is 0 Å². The summed E-state index contributed by atoms with van der Waals surface area (Å²) < 4.78 is 5.21. The molecule has 0 atom stereocenters. The van der Waals surface area contributed by atoms with E-state index in [-0.39, 0.29) is 31.4 Å². The normalized spacial score (nSPS) is 11.5. The number of hydrogen-bond acceptors (Lipinski definition) is 5. The molecule has 2 aromatic rings. The molecule has 1 amide bonds. The molecule has 124 valence electrons. The molecule has 0 bridgehead atoms. The molecule has 0 spiro atoms. The zero-order valence-corrected chi connectivity index (χ0v) is 13.7. The fourth-order valence-electron chi connectivity index (χ4n) is 2.12. The molecule has 23 heavy (non-hydrogen) atoms. The van der Waals surface area contributed by atoms with Crippen molar-refractivity contribution in [3.63, 3.8) is 0 Å². The minimum Gasteiger partial charge on any atom is -0.396 e. The molecule has 6 nitrogen and oxygen atoms in total. The average molecular weight is 339 g/mol. The highest BCUT2D eigenvalue weighted by atomic mass is 35.5. The third-order valence-corrected chi connectivity index (χ3v) is 3.84. The van der Waals surface area contributed by atoms with Crippen molar-refractivity contribution in [1.29, 1.82) is 0 Å². The maximum atomic E-state index is 12.4. The Morgan fingerprint density at radius 1 is 1.30 bits per heavy atom. The number of benzene rings is 1. The molecular formula is C16H19ClN2O4. The van der Waals surface area contributed by atoms with E-state index in [4.69, 9.17) is 16.1 Å². The van der Waals surface area contributed by atoms with Gasteiger partial charge in [0.05, 0.1) is 13.2 Å². The van der Waals surface area contributed by atoms with Crippen LogP contribution < -0.4 is 0 Å². The number of hydrogen-bond donors (Lipinski definition) is 2. The number of aromatic nitrogens is 1. The summed E-state index contributed by atoms with van der Waals surface area (Å²) >= 11 is 5.84. The second-order valence-electron chi connectivity index (χ2n) is 5.87. The van der Waals surface area contributed by atoms with Crippen molar-refractivity contribution in [3.8, 4) is 11.3 Å². The lowest BCUT2D eigenvalue weighted by atomic mass is 9.92. The maximum absolute atomic E-state index is 12.4. The Hall–Kier alpha value is -1.89. The molecule has 1 aromatic heterocycles. The maximum Gasteiger partial charge on any atom is 0.275 e. The van der Waals surface area contributed by atoms with E-state index in [1.54, 1.807) is 44.3 Å². The Balaban J connectivity index is 2.13. The van der Waals surface area contributed by atoms with Crippen LogP contribution in [0.2, 0.25) is 5.02 Å². The number of halogens is 1. The van der Waals surface area contributed by atoms with Gasteiger partial charge in [-0.1, -0.05) is 23.7 Å². The number of carbonyl (C=O) groups excluding carboxylic acids is 1. The summed E-state index contributed by atoms with van der Waals surface area (Å²) in [6.45, 7) is 1.44. The summed E-state index contributed by atoms with van der Waals surface area (Å²) in [4.78, 5) is 13.8. The zero-order valence-electron chi connectivity index (χ0n) is 13.0. The molecule has 0 fully saturated rings. The second-order valence-corrected chi connectivity index (χ2v) is 6.31. The molecule has 2 N–H and O–H groups in total. The molecule has 7 heteroatoms. The Morgan fingerprint density at radius 2 is 1.91 bits per heavy atom. The number of rotatable bonds is 6. The first-order valence-electron chi connectivity index (χ1n) is 7.08. The molecule has 0 saturated heterocycles. The lowest BCUT2D eigenvalue weighted by Crippen LogP contribution is -2.41. The van der Waals surface area contributed by atoms with E-state index in [1.807, 2.05) is 0 Å². The molecule has 0 saturated carbocycles. The van der Waals surface area contributed by atoms with Crippen molar-refractivity contribution in [3.05, 3.63) is 41.0 Å². The van der Waals surface area contributed by atoms with Crippen molar-refractivity contribution >= 4 is 17.5 Å². The number of carbonyl (C=O) groups is 1. The summed E-state index contributed by atoms with van der Waals surface area (Å²) in [6.07, 6.45) is 0. The summed E-state index contributed by atoms with van der Waals surface area (Å²) in [6, 6.07) is 8.55. The highest BCUT2D eigenvalue weighted by molar-refractivity contribution is 6.30. The van der Waals surface area contributed by atoms with Crippen LogP contribution in [0.15, 0.2) is 34.9 Å². The van der Waals surface area contributed by atoms with Gasteiger partial charge in [-0.15, -0.1) is 0 Å². The third-order valence-electron chi connectivity index (χ3n) is 3.59. The standard InChI is InChI=1S/C16H19ClN2O4/c1-16(9-20,10-21)8-19(2)15(22)13-7-14(23-18-13)11-3-5-12(17)6-4-11/h3-7,20-21H,8-10H2,1-2H3. The van der Waals surface area contributed by atoms with Crippen LogP contribution in [0.1, 0.15) is 17.4 Å². The highest BCUT2D eigenvalue weighted by Crippen LogP contribution is 2.23. The number of aliphatic hydroxyl groups is 2. The van der Waals surface area contributed by atoms with E-state index < -0.39 is 5.41 Å². The number of nitrogens with zero attached hydrogens (tertiary/aromatic N) is 2. The van der Waals surface area contributed by atoms with Crippen LogP contribution in [0, 0.1) is 5.41 Å². The molecule has 0 aliphatic rings. The first-order valence-corrected chi connectivity index (χ1v) is 7.46. The molecule has 0 radical (unpaired) electrons. The molecule has 0 aliphatic heterocycles. The van der Waals surface area contributed by atoms with E-state index in [1.165, 1.54) is 4.90 Å².